The second-order valence-electron chi connectivity index (χ2n) is 10.1. The summed E-state index contributed by atoms with van der Waals surface area (Å²) >= 11 is 6.03. The fourth-order valence-corrected chi connectivity index (χ4v) is 5.94. The predicted octanol–water partition coefficient (Wildman–Crippen LogP) is 4.82. The van der Waals surface area contributed by atoms with Crippen LogP contribution in [0.3, 0.4) is 0 Å². The number of carbonyl (C=O) groups excluding carboxylic acids is 2. The number of fused-ring (bicyclic) bond motifs is 1. The molecule has 2 heterocycles. The predicted molar refractivity (Wildman–Crippen MR) is 146 cm³/mol. The molecule has 2 aromatic carbocycles. The number of ether oxygens (including phenoxy) is 1. The van der Waals surface area contributed by atoms with E-state index in [9.17, 15) is 9.59 Å². The van der Waals surface area contributed by atoms with Crippen LogP contribution in [0.2, 0.25) is 5.02 Å². The number of nitrogens with one attached hydrogen (secondary N) is 1. The Morgan fingerprint density at radius 1 is 1.00 bits per heavy atom. The number of hydrazine groups is 1. The molecule has 1 saturated carbocycles. The summed E-state index contributed by atoms with van der Waals surface area (Å²) in [4.78, 5) is 29.3. The van der Waals surface area contributed by atoms with Crippen LogP contribution in [0.1, 0.15) is 53.7 Å². The Hall–Kier alpha value is -2.87. The Balaban J connectivity index is 1.33. The van der Waals surface area contributed by atoms with Gasteiger partial charge in [-0.1, -0.05) is 30.9 Å². The second-order valence-corrected chi connectivity index (χ2v) is 10.6. The molecule has 1 aromatic heterocycles. The molecular weight excluding hydrogens is 488 g/mol. The van der Waals surface area contributed by atoms with E-state index in [2.05, 4.69) is 10.3 Å². The lowest BCUT2D eigenvalue weighted by Crippen LogP contribution is -2.56. The molecule has 1 aliphatic carbocycles. The molecule has 7 nitrogen and oxygen atoms in total. The highest BCUT2D eigenvalue weighted by atomic mass is 35.5. The highest BCUT2D eigenvalue weighted by Crippen LogP contribution is 2.31. The van der Waals surface area contributed by atoms with Gasteiger partial charge in [0.1, 0.15) is 5.75 Å². The Morgan fingerprint density at radius 3 is 2.38 bits per heavy atom. The summed E-state index contributed by atoms with van der Waals surface area (Å²) in [5, 5.41) is 3.46. The molecule has 2 fully saturated rings. The van der Waals surface area contributed by atoms with Gasteiger partial charge in [0.15, 0.2) is 0 Å². The zero-order valence-corrected chi connectivity index (χ0v) is 22.4. The number of hydrogen-bond donors (Lipinski definition) is 1. The molecule has 3 aromatic rings. The number of rotatable bonds is 6. The molecule has 0 spiro atoms. The minimum Gasteiger partial charge on any atom is -0.497 e. The number of halogens is 1. The topological polar surface area (TPSA) is 66.8 Å². The van der Waals surface area contributed by atoms with Crippen LogP contribution >= 0.6 is 11.6 Å². The van der Waals surface area contributed by atoms with Gasteiger partial charge in [0.25, 0.3) is 5.91 Å². The maximum Gasteiger partial charge on any atom is 0.262 e. The van der Waals surface area contributed by atoms with Gasteiger partial charge in [-0.3, -0.25) is 24.5 Å². The number of benzene rings is 2. The monoisotopic (exact) mass is 522 g/mol. The SMILES string of the molecule is COc1ccc2c(c1)c(CC(=O)NN1CCN(C3CCCCC3)CC1)c(C)n2C(=O)c1ccc(Cl)cc1. The van der Waals surface area contributed by atoms with Gasteiger partial charge in [0.2, 0.25) is 5.91 Å². The third-order valence-corrected chi connectivity index (χ3v) is 8.11. The Kier molecular flexibility index (Phi) is 7.84. The van der Waals surface area contributed by atoms with Crippen molar-refractivity contribution < 1.29 is 14.3 Å². The lowest BCUT2D eigenvalue weighted by atomic mass is 9.94. The quantitative estimate of drug-likeness (QED) is 0.502. The molecule has 37 heavy (non-hydrogen) atoms. The minimum atomic E-state index is -0.158. The lowest BCUT2D eigenvalue weighted by molar-refractivity contribution is -0.126. The highest BCUT2D eigenvalue weighted by molar-refractivity contribution is 6.30. The van der Waals surface area contributed by atoms with Gasteiger partial charge in [-0.25, -0.2) is 5.01 Å². The molecule has 1 aliphatic heterocycles. The first-order valence-corrected chi connectivity index (χ1v) is 13.6. The molecule has 8 heteroatoms. The number of amides is 1. The summed E-state index contributed by atoms with van der Waals surface area (Å²) in [5.74, 6) is 0.453. The number of hydrogen-bond acceptors (Lipinski definition) is 5. The maximum atomic E-state index is 13.5. The van der Waals surface area contributed by atoms with Crippen molar-refractivity contribution in [1.29, 1.82) is 0 Å². The van der Waals surface area contributed by atoms with Crippen molar-refractivity contribution in [2.75, 3.05) is 33.3 Å². The number of carbonyl (C=O) groups is 2. The van der Waals surface area contributed by atoms with Crippen molar-refractivity contribution in [1.82, 2.24) is 19.9 Å². The summed E-state index contributed by atoms with van der Waals surface area (Å²) in [6.45, 7) is 5.51. The van der Waals surface area contributed by atoms with Gasteiger partial charge in [0, 0.05) is 53.9 Å². The molecular formula is C29H35ClN4O3. The van der Waals surface area contributed by atoms with Crippen LogP contribution in [-0.4, -0.2) is 65.6 Å². The molecule has 1 saturated heterocycles. The van der Waals surface area contributed by atoms with Crippen LogP contribution < -0.4 is 10.2 Å². The Bertz CT molecular complexity index is 1270. The van der Waals surface area contributed by atoms with Crippen LogP contribution in [0.5, 0.6) is 5.75 Å². The average Bonchev–Trinajstić information content (AvgIpc) is 3.19. The van der Waals surface area contributed by atoms with Crippen LogP contribution in [0, 0.1) is 6.92 Å². The third-order valence-electron chi connectivity index (χ3n) is 7.86. The summed E-state index contributed by atoms with van der Waals surface area (Å²) in [5.41, 5.74) is 5.98. The van der Waals surface area contributed by atoms with Crippen molar-refractivity contribution in [3.63, 3.8) is 0 Å². The van der Waals surface area contributed by atoms with Crippen LogP contribution in [0.25, 0.3) is 10.9 Å². The van der Waals surface area contributed by atoms with E-state index in [1.54, 1.807) is 35.9 Å². The van der Waals surface area contributed by atoms with Crippen LogP contribution in [0.4, 0.5) is 0 Å². The van der Waals surface area contributed by atoms with Crippen molar-refractivity contribution in [3.8, 4) is 5.75 Å². The van der Waals surface area contributed by atoms with Crippen molar-refractivity contribution in [2.24, 2.45) is 0 Å². The van der Waals surface area contributed by atoms with E-state index in [0.717, 1.165) is 48.3 Å². The van der Waals surface area contributed by atoms with E-state index in [1.165, 1.54) is 32.1 Å². The standard InChI is InChI=1S/C29H35ClN4O3/c1-20-25(19-28(35)31-33-16-14-32(15-17-33)23-6-4-3-5-7-23)26-18-24(37-2)12-13-27(26)34(20)29(36)21-8-10-22(30)11-9-21/h8-13,18,23H,3-7,14-17,19H2,1-2H3,(H,31,35). The zero-order chi connectivity index (χ0) is 25.9. The minimum absolute atomic E-state index is 0.0740. The van der Waals surface area contributed by atoms with E-state index in [1.807, 2.05) is 30.1 Å². The number of methoxy groups -OCH3 is 1. The molecule has 1 amide bonds. The normalized spacial score (nSPS) is 17.7. The second kappa shape index (κ2) is 11.3. The Labute approximate surface area is 223 Å². The van der Waals surface area contributed by atoms with Gasteiger partial charge in [-0.05, 0) is 67.8 Å². The van der Waals surface area contributed by atoms with E-state index in [4.69, 9.17) is 16.3 Å². The summed E-state index contributed by atoms with van der Waals surface area (Å²) in [7, 11) is 1.61. The first-order valence-electron chi connectivity index (χ1n) is 13.2. The fraction of sp³-hybridized carbons (Fsp3) is 0.448. The van der Waals surface area contributed by atoms with Gasteiger partial charge in [-0.2, -0.15) is 0 Å². The van der Waals surface area contributed by atoms with Crippen molar-refractivity contribution in [2.45, 2.75) is 51.5 Å². The Morgan fingerprint density at radius 2 is 1.70 bits per heavy atom. The molecule has 0 radical (unpaired) electrons. The zero-order valence-electron chi connectivity index (χ0n) is 21.6. The first kappa shape index (κ1) is 25.8. The van der Waals surface area contributed by atoms with E-state index in [0.29, 0.717) is 22.4 Å². The van der Waals surface area contributed by atoms with E-state index >= 15 is 0 Å². The number of aromatic nitrogens is 1. The molecule has 0 unspecified atom stereocenters. The largest absolute Gasteiger partial charge is 0.497 e. The smallest absolute Gasteiger partial charge is 0.262 e. The summed E-state index contributed by atoms with van der Waals surface area (Å²) in [6, 6.07) is 13.2. The number of nitrogens with zero attached hydrogens (tertiary/aromatic N) is 3. The lowest BCUT2D eigenvalue weighted by Gasteiger charge is -2.40. The first-order chi connectivity index (χ1) is 17.9. The molecule has 196 valence electrons. The van der Waals surface area contributed by atoms with Gasteiger partial charge < -0.3 is 4.74 Å². The highest BCUT2D eigenvalue weighted by Gasteiger charge is 2.27. The third kappa shape index (κ3) is 5.54. The van der Waals surface area contributed by atoms with Crippen molar-refractivity contribution in [3.05, 3.63) is 64.3 Å². The van der Waals surface area contributed by atoms with Crippen molar-refractivity contribution >= 4 is 34.3 Å². The average molecular weight is 523 g/mol. The molecule has 0 bridgehead atoms. The van der Waals surface area contributed by atoms with E-state index < -0.39 is 0 Å². The van der Waals surface area contributed by atoms with Gasteiger partial charge >= 0.3 is 0 Å². The molecule has 0 atom stereocenters. The van der Waals surface area contributed by atoms with Crippen LogP contribution in [0.15, 0.2) is 42.5 Å². The molecule has 1 N–H and O–H groups in total. The molecule has 5 rings (SSSR count). The number of piperazine rings is 1. The molecule has 2 aliphatic rings. The van der Waals surface area contributed by atoms with Gasteiger partial charge in [0.05, 0.1) is 19.0 Å². The van der Waals surface area contributed by atoms with Gasteiger partial charge in [-0.15, -0.1) is 0 Å². The fourth-order valence-electron chi connectivity index (χ4n) is 5.82. The maximum absolute atomic E-state index is 13.5. The summed E-state index contributed by atoms with van der Waals surface area (Å²) in [6.07, 6.45) is 6.81. The summed E-state index contributed by atoms with van der Waals surface area (Å²) < 4.78 is 7.13. The van der Waals surface area contributed by atoms with Crippen LogP contribution in [-0.2, 0) is 11.2 Å². The van der Waals surface area contributed by atoms with E-state index in [-0.39, 0.29) is 18.2 Å².